The molecule has 0 unspecified atom stereocenters. The SMILES string of the molecule is COc1ccc(NC(=O)CCSc2c(=O)o[nH][n+]2C)c(OC)c1. The largest absolute Gasteiger partial charge is 0.497 e. The molecule has 1 aromatic carbocycles. The number of methoxy groups -OCH3 is 2. The van der Waals surface area contributed by atoms with Gasteiger partial charge in [0, 0.05) is 18.2 Å². The first kappa shape index (κ1) is 16.9. The summed E-state index contributed by atoms with van der Waals surface area (Å²) in [7, 11) is 4.74. The number of carbonyl (C=O) groups is 1. The number of hydrogen-bond donors (Lipinski definition) is 2. The number of aromatic nitrogens is 2. The zero-order valence-corrected chi connectivity index (χ0v) is 13.9. The van der Waals surface area contributed by atoms with E-state index in [-0.39, 0.29) is 12.3 Å². The lowest BCUT2D eigenvalue weighted by molar-refractivity contribution is -0.772. The molecule has 0 aliphatic heterocycles. The van der Waals surface area contributed by atoms with E-state index in [2.05, 4.69) is 15.1 Å². The van der Waals surface area contributed by atoms with Gasteiger partial charge in [0.05, 0.1) is 19.9 Å². The van der Waals surface area contributed by atoms with Gasteiger partial charge in [0.2, 0.25) is 5.91 Å². The van der Waals surface area contributed by atoms with Crippen LogP contribution in [0.3, 0.4) is 0 Å². The molecule has 9 heteroatoms. The first-order chi connectivity index (χ1) is 11.0. The Kier molecular flexibility index (Phi) is 5.69. The molecule has 1 aromatic heterocycles. The number of ether oxygens (including phenoxy) is 2. The molecule has 0 saturated heterocycles. The Balaban J connectivity index is 1.91. The second kappa shape index (κ2) is 7.73. The first-order valence-electron chi connectivity index (χ1n) is 6.77. The van der Waals surface area contributed by atoms with Crippen LogP contribution in [-0.2, 0) is 11.8 Å². The van der Waals surface area contributed by atoms with Crippen LogP contribution < -0.4 is 25.1 Å². The molecule has 8 nitrogen and oxygen atoms in total. The first-order valence-corrected chi connectivity index (χ1v) is 7.76. The number of rotatable bonds is 7. The summed E-state index contributed by atoms with van der Waals surface area (Å²) in [5, 5.41) is 5.61. The topological polar surface area (TPSA) is 97.4 Å². The van der Waals surface area contributed by atoms with Crippen molar-refractivity contribution >= 4 is 23.4 Å². The number of aromatic amines is 1. The predicted octanol–water partition coefficient (Wildman–Crippen LogP) is 0.930. The molecule has 2 aromatic rings. The molecule has 0 spiro atoms. The average Bonchev–Trinajstić information content (AvgIpc) is 2.87. The molecule has 1 amide bonds. The van der Waals surface area contributed by atoms with Crippen molar-refractivity contribution in [1.29, 1.82) is 0 Å². The number of anilines is 1. The minimum Gasteiger partial charge on any atom is -0.497 e. The third-order valence-corrected chi connectivity index (χ3v) is 4.13. The van der Waals surface area contributed by atoms with E-state index in [0.29, 0.717) is 28.0 Å². The summed E-state index contributed by atoms with van der Waals surface area (Å²) in [5.74, 6) is 1.43. The van der Waals surface area contributed by atoms with Crippen molar-refractivity contribution in [2.24, 2.45) is 7.05 Å². The molecule has 2 N–H and O–H groups in total. The fraction of sp³-hybridized carbons (Fsp3) is 0.357. The smallest absolute Gasteiger partial charge is 0.441 e. The highest BCUT2D eigenvalue weighted by Gasteiger charge is 2.18. The monoisotopic (exact) mass is 340 g/mol. The normalized spacial score (nSPS) is 10.4. The van der Waals surface area contributed by atoms with Gasteiger partial charge in [-0.05, 0) is 29.2 Å². The summed E-state index contributed by atoms with van der Waals surface area (Å²) in [6.07, 6.45) is 0.241. The van der Waals surface area contributed by atoms with Crippen LogP contribution in [0.25, 0.3) is 0 Å². The summed E-state index contributed by atoms with van der Waals surface area (Å²) in [6.45, 7) is 0. The van der Waals surface area contributed by atoms with Gasteiger partial charge in [-0.1, -0.05) is 4.68 Å². The molecular formula is C14H18N3O5S+. The molecule has 0 saturated carbocycles. The van der Waals surface area contributed by atoms with Gasteiger partial charge < -0.3 is 14.8 Å². The highest BCUT2D eigenvalue weighted by atomic mass is 32.2. The molecular weight excluding hydrogens is 322 g/mol. The van der Waals surface area contributed by atoms with Gasteiger partial charge in [0.1, 0.15) is 11.5 Å². The van der Waals surface area contributed by atoms with Gasteiger partial charge in [0.15, 0.2) is 7.05 Å². The summed E-state index contributed by atoms with van der Waals surface area (Å²) in [6, 6.07) is 5.14. The van der Waals surface area contributed by atoms with Crippen molar-refractivity contribution in [2.45, 2.75) is 11.4 Å². The lowest BCUT2D eigenvalue weighted by Gasteiger charge is -2.11. The lowest BCUT2D eigenvalue weighted by Crippen LogP contribution is -2.33. The molecule has 0 aliphatic rings. The van der Waals surface area contributed by atoms with Crippen molar-refractivity contribution in [2.75, 3.05) is 25.3 Å². The van der Waals surface area contributed by atoms with Gasteiger partial charge in [0.25, 0.3) is 0 Å². The Bertz CT molecular complexity index is 740. The van der Waals surface area contributed by atoms with Crippen LogP contribution in [0, 0.1) is 0 Å². The molecule has 0 fully saturated rings. The molecule has 2 rings (SSSR count). The fourth-order valence-corrected chi connectivity index (χ4v) is 2.71. The third-order valence-electron chi connectivity index (χ3n) is 3.01. The molecule has 0 atom stereocenters. The molecule has 0 bridgehead atoms. The van der Waals surface area contributed by atoms with Crippen LogP contribution in [0.5, 0.6) is 11.5 Å². The van der Waals surface area contributed by atoms with Crippen molar-refractivity contribution in [3.8, 4) is 11.5 Å². The van der Waals surface area contributed by atoms with Crippen LogP contribution in [0.2, 0.25) is 0 Å². The van der Waals surface area contributed by atoms with Gasteiger partial charge in [-0.25, -0.2) is 4.79 Å². The van der Waals surface area contributed by atoms with E-state index < -0.39 is 5.63 Å². The summed E-state index contributed by atoms with van der Waals surface area (Å²) in [4.78, 5) is 23.4. The van der Waals surface area contributed by atoms with Crippen molar-refractivity contribution in [1.82, 2.24) is 5.27 Å². The number of hydrogen-bond acceptors (Lipinski definition) is 6. The Morgan fingerprint density at radius 1 is 1.39 bits per heavy atom. The Labute approximate surface area is 136 Å². The Hall–Kier alpha value is -2.42. The highest BCUT2D eigenvalue weighted by molar-refractivity contribution is 7.99. The zero-order valence-electron chi connectivity index (χ0n) is 13.0. The van der Waals surface area contributed by atoms with E-state index in [4.69, 9.17) is 9.47 Å². The molecule has 0 aliphatic carbocycles. The lowest BCUT2D eigenvalue weighted by atomic mass is 10.2. The van der Waals surface area contributed by atoms with Crippen molar-refractivity contribution in [3.63, 3.8) is 0 Å². The molecule has 1 heterocycles. The summed E-state index contributed by atoms with van der Waals surface area (Å²) >= 11 is 1.25. The summed E-state index contributed by atoms with van der Waals surface area (Å²) < 4.78 is 16.4. The van der Waals surface area contributed by atoms with Gasteiger partial charge in [-0.3, -0.25) is 9.32 Å². The average molecular weight is 340 g/mol. The summed E-state index contributed by atoms with van der Waals surface area (Å²) in [5.41, 5.74) is 0.116. The Morgan fingerprint density at radius 3 is 2.78 bits per heavy atom. The molecule has 23 heavy (non-hydrogen) atoms. The predicted molar refractivity (Wildman–Crippen MR) is 84.0 cm³/mol. The molecule has 124 valence electrons. The second-order valence-corrected chi connectivity index (χ2v) is 5.64. The van der Waals surface area contributed by atoms with Crippen LogP contribution in [0.4, 0.5) is 5.69 Å². The van der Waals surface area contributed by atoms with Gasteiger partial charge >= 0.3 is 10.7 Å². The number of benzene rings is 1. The van der Waals surface area contributed by atoms with E-state index in [1.807, 2.05) is 0 Å². The maximum atomic E-state index is 12.0. The number of nitrogens with zero attached hydrogens (tertiary/aromatic N) is 1. The van der Waals surface area contributed by atoms with Crippen LogP contribution in [-0.4, -0.2) is 31.2 Å². The van der Waals surface area contributed by atoms with Crippen LogP contribution in [0.15, 0.2) is 32.5 Å². The van der Waals surface area contributed by atoms with E-state index in [1.165, 1.54) is 23.6 Å². The number of H-pyrrole nitrogens is 1. The standard InChI is InChI=1S/C14H17N3O5S/c1-17-13(14(19)22-16-17)23-7-6-12(18)15-10-5-4-9(20-2)8-11(10)21-3/h4-5,8H,6-7H2,1-3H3,(H-,15,16,18,19)/p+1. The maximum Gasteiger partial charge on any atom is 0.441 e. The van der Waals surface area contributed by atoms with Gasteiger partial charge in [-0.2, -0.15) is 0 Å². The quantitative estimate of drug-likeness (QED) is 0.575. The zero-order chi connectivity index (χ0) is 16.8. The van der Waals surface area contributed by atoms with E-state index in [1.54, 1.807) is 32.4 Å². The maximum absolute atomic E-state index is 12.0. The van der Waals surface area contributed by atoms with Crippen LogP contribution >= 0.6 is 11.8 Å². The van der Waals surface area contributed by atoms with E-state index in [9.17, 15) is 9.59 Å². The van der Waals surface area contributed by atoms with Gasteiger partial charge in [-0.15, -0.1) is 0 Å². The van der Waals surface area contributed by atoms with Crippen LogP contribution in [0.1, 0.15) is 6.42 Å². The second-order valence-electron chi connectivity index (χ2n) is 4.56. The number of aryl methyl sites for hydroxylation is 1. The minimum absolute atomic E-state index is 0.177. The highest BCUT2D eigenvalue weighted by Crippen LogP contribution is 2.29. The number of amides is 1. The Morgan fingerprint density at radius 2 is 2.17 bits per heavy atom. The van der Waals surface area contributed by atoms with Crippen molar-refractivity contribution < 1.29 is 23.5 Å². The fourth-order valence-electron chi connectivity index (χ4n) is 1.84. The number of carbonyl (C=O) groups excluding carboxylic acids is 1. The third kappa shape index (κ3) is 4.28. The van der Waals surface area contributed by atoms with E-state index in [0.717, 1.165) is 0 Å². The molecule has 0 radical (unpaired) electrons. The van der Waals surface area contributed by atoms with E-state index >= 15 is 0 Å². The number of thioether (sulfide) groups is 1. The van der Waals surface area contributed by atoms with Crippen molar-refractivity contribution in [3.05, 3.63) is 28.6 Å². The number of nitrogens with one attached hydrogen (secondary N) is 2. The minimum atomic E-state index is -0.449.